The number of carbonyl (C=O) groups is 2. The Morgan fingerprint density at radius 1 is 1.27 bits per heavy atom. The van der Waals surface area contributed by atoms with Crippen LogP contribution in [-0.2, 0) is 4.79 Å². The van der Waals surface area contributed by atoms with Gasteiger partial charge >= 0.3 is 0 Å². The summed E-state index contributed by atoms with van der Waals surface area (Å²) < 4.78 is 5.78. The number of hydrogen-bond donors (Lipinski definition) is 0. The molecule has 2 saturated heterocycles. The maximum atomic E-state index is 12.1. The fraction of sp³-hybridized carbons (Fsp3) is 0.375. The van der Waals surface area contributed by atoms with Crippen LogP contribution in [0.4, 0.5) is 10.7 Å². The molecule has 0 aromatic carbocycles. The number of amides is 2. The van der Waals surface area contributed by atoms with Crippen molar-refractivity contribution < 1.29 is 14.0 Å². The zero-order chi connectivity index (χ0) is 15.5. The summed E-state index contributed by atoms with van der Waals surface area (Å²) in [5.74, 6) is 3.35. The van der Waals surface area contributed by atoms with E-state index >= 15 is 0 Å². The standard InChI is InChI=1S/C16H16N2O3S/c1-2-8-18-15(19)13(22-16(18)20)11-12-6-7-14(21-12)17-9-4-3-5-10-17/h1,6-7,11H,3-5,8-10H2. The van der Waals surface area contributed by atoms with Crippen molar-refractivity contribution in [3.63, 3.8) is 0 Å². The molecule has 1 aromatic rings. The highest BCUT2D eigenvalue weighted by Crippen LogP contribution is 2.33. The van der Waals surface area contributed by atoms with Crippen molar-refractivity contribution in [2.24, 2.45) is 0 Å². The molecule has 0 saturated carbocycles. The fourth-order valence-corrected chi connectivity index (χ4v) is 3.38. The van der Waals surface area contributed by atoms with Gasteiger partial charge in [-0.25, -0.2) is 0 Å². The summed E-state index contributed by atoms with van der Waals surface area (Å²) in [5, 5.41) is -0.336. The molecule has 2 aliphatic rings. The van der Waals surface area contributed by atoms with E-state index in [0.29, 0.717) is 10.7 Å². The van der Waals surface area contributed by atoms with E-state index in [1.807, 2.05) is 12.1 Å². The molecule has 2 fully saturated rings. The molecule has 0 spiro atoms. The highest BCUT2D eigenvalue weighted by atomic mass is 32.2. The van der Waals surface area contributed by atoms with Crippen LogP contribution in [0.15, 0.2) is 21.5 Å². The summed E-state index contributed by atoms with van der Waals surface area (Å²) in [7, 11) is 0. The highest BCUT2D eigenvalue weighted by Gasteiger charge is 2.34. The quantitative estimate of drug-likeness (QED) is 0.634. The first-order valence-corrected chi connectivity index (χ1v) is 8.04. The molecule has 0 bridgehead atoms. The van der Waals surface area contributed by atoms with E-state index in [1.54, 1.807) is 6.08 Å². The van der Waals surface area contributed by atoms with Gasteiger partial charge in [-0.3, -0.25) is 14.5 Å². The van der Waals surface area contributed by atoms with Crippen LogP contribution >= 0.6 is 11.8 Å². The van der Waals surface area contributed by atoms with Gasteiger partial charge in [-0.1, -0.05) is 5.92 Å². The second kappa shape index (κ2) is 6.32. The lowest BCUT2D eigenvalue weighted by molar-refractivity contribution is -0.122. The Bertz CT molecular complexity index is 665. The summed E-state index contributed by atoms with van der Waals surface area (Å²) in [5.41, 5.74) is 0. The van der Waals surface area contributed by atoms with E-state index in [4.69, 9.17) is 10.8 Å². The summed E-state index contributed by atoms with van der Waals surface area (Å²) >= 11 is 0.891. The van der Waals surface area contributed by atoms with Gasteiger partial charge in [0, 0.05) is 25.2 Å². The number of furan rings is 1. The number of carbonyl (C=O) groups excluding carboxylic acids is 2. The minimum absolute atomic E-state index is 0.000804. The van der Waals surface area contributed by atoms with Gasteiger partial charge in [0.1, 0.15) is 5.76 Å². The number of terminal acetylenes is 1. The van der Waals surface area contributed by atoms with E-state index in [0.717, 1.165) is 35.6 Å². The average Bonchev–Trinajstić information content (AvgIpc) is 3.09. The van der Waals surface area contributed by atoms with E-state index in [2.05, 4.69) is 10.8 Å². The molecule has 22 heavy (non-hydrogen) atoms. The fourth-order valence-electron chi connectivity index (χ4n) is 2.56. The first-order chi connectivity index (χ1) is 10.7. The number of rotatable bonds is 3. The van der Waals surface area contributed by atoms with Gasteiger partial charge < -0.3 is 9.32 Å². The molecule has 0 N–H and O–H groups in total. The number of piperidine rings is 1. The second-order valence-electron chi connectivity index (χ2n) is 5.20. The Kier molecular flexibility index (Phi) is 4.25. The van der Waals surface area contributed by atoms with E-state index in [-0.39, 0.29) is 17.7 Å². The van der Waals surface area contributed by atoms with Crippen LogP contribution in [-0.4, -0.2) is 35.7 Å². The number of anilines is 1. The third kappa shape index (κ3) is 2.90. The molecule has 5 nitrogen and oxygen atoms in total. The van der Waals surface area contributed by atoms with Gasteiger partial charge in [0.2, 0.25) is 0 Å². The topological polar surface area (TPSA) is 53.8 Å². The first kappa shape index (κ1) is 14.8. The van der Waals surface area contributed by atoms with Gasteiger partial charge in [-0.2, -0.15) is 0 Å². The summed E-state index contributed by atoms with van der Waals surface area (Å²) in [6.07, 6.45) is 10.4. The molecular weight excluding hydrogens is 300 g/mol. The van der Waals surface area contributed by atoms with Gasteiger partial charge in [-0.05, 0) is 37.1 Å². The van der Waals surface area contributed by atoms with Crippen LogP contribution in [0.2, 0.25) is 0 Å². The average molecular weight is 316 g/mol. The predicted octanol–water partition coefficient (Wildman–Crippen LogP) is 2.94. The van der Waals surface area contributed by atoms with Crippen LogP contribution in [0.3, 0.4) is 0 Å². The number of hydrogen-bond acceptors (Lipinski definition) is 5. The van der Waals surface area contributed by atoms with E-state index < -0.39 is 0 Å². The van der Waals surface area contributed by atoms with Gasteiger partial charge in [0.05, 0.1) is 11.4 Å². The SMILES string of the molecule is C#CCN1C(=O)SC(=Cc2ccc(N3CCCCC3)o2)C1=O. The Hall–Kier alpha value is -2.13. The predicted molar refractivity (Wildman–Crippen MR) is 86.3 cm³/mol. The van der Waals surface area contributed by atoms with Crippen molar-refractivity contribution in [3.05, 3.63) is 22.8 Å². The summed E-state index contributed by atoms with van der Waals surface area (Å²) in [6.45, 7) is 1.98. The third-order valence-corrected chi connectivity index (χ3v) is 4.58. The van der Waals surface area contributed by atoms with Gasteiger partial charge in [0.25, 0.3) is 11.1 Å². The summed E-state index contributed by atoms with van der Waals surface area (Å²) in [4.78, 5) is 27.4. The van der Waals surface area contributed by atoms with Crippen molar-refractivity contribution >= 4 is 34.9 Å². The van der Waals surface area contributed by atoms with Crippen LogP contribution in [0.5, 0.6) is 0 Å². The zero-order valence-electron chi connectivity index (χ0n) is 12.1. The maximum Gasteiger partial charge on any atom is 0.294 e. The van der Waals surface area contributed by atoms with E-state index in [9.17, 15) is 9.59 Å². The smallest absolute Gasteiger partial charge is 0.294 e. The minimum atomic E-state index is -0.358. The largest absolute Gasteiger partial charge is 0.441 e. The van der Waals surface area contributed by atoms with Crippen molar-refractivity contribution in [1.29, 1.82) is 0 Å². The number of imide groups is 1. The first-order valence-electron chi connectivity index (χ1n) is 7.22. The molecule has 3 rings (SSSR count). The van der Waals surface area contributed by atoms with Crippen LogP contribution in [0.25, 0.3) is 6.08 Å². The molecular formula is C16H16N2O3S. The number of nitrogens with zero attached hydrogens (tertiary/aromatic N) is 2. The van der Waals surface area contributed by atoms with Crippen molar-refractivity contribution in [3.8, 4) is 12.3 Å². The molecule has 6 heteroatoms. The lowest BCUT2D eigenvalue weighted by Gasteiger charge is -2.25. The van der Waals surface area contributed by atoms with E-state index in [1.165, 1.54) is 19.3 Å². The Morgan fingerprint density at radius 3 is 2.77 bits per heavy atom. The molecule has 114 valence electrons. The normalized spacial score (nSPS) is 20.8. The van der Waals surface area contributed by atoms with Crippen molar-refractivity contribution in [1.82, 2.24) is 4.90 Å². The van der Waals surface area contributed by atoms with Crippen molar-refractivity contribution in [2.75, 3.05) is 24.5 Å². The molecule has 0 aliphatic carbocycles. The zero-order valence-corrected chi connectivity index (χ0v) is 12.9. The number of thioether (sulfide) groups is 1. The van der Waals surface area contributed by atoms with Gasteiger partial charge in [-0.15, -0.1) is 6.42 Å². The molecule has 1 aromatic heterocycles. The van der Waals surface area contributed by atoms with Crippen molar-refractivity contribution in [2.45, 2.75) is 19.3 Å². The van der Waals surface area contributed by atoms with Crippen LogP contribution < -0.4 is 4.90 Å². The third-order valence-electron chi connectivity index (χ3n) is 3.68. The lowest BCUT2D eigenvalue weighted by atomic mass is 10.1. The Balaban J connectivity index is 1.75. The Labute approximate surface area is 133 Å². The molecule has 3 heterocycles. The molecule has 0 radical (unpaired) electrons. The summed E-state index contributed by atoms with van der Waals surface area (Å²) in [6, 6.07) is 3.72. The monoisotopic (exact) mass is 316 g/mol. The minimum Gasteiger partial charge on any atom is -0.441 e. The molecule has 0 unspecified atom stereocenters. The lowest BCUT2D eigenvalue weighted by Crippen LogP contribution is -2.28. The van der Waals surface area contributed by atoms with Gasteiger partial charge in [0.15, 0.2) is 5.88 Å². The maximum absolute atomic E-state index is 12.1. The molecule has 2 amide bonds. The molecule has 2 aliphatic heterocycles. The molecule has 0 atom stereocenters. The van der Waals surface area contributed by atoms with Crippen LogP contribution in [0, 0.1) is 12.3 Å². The Morgan fingerprint density at radius 2 is 2.05 bits per heavy atom. The highest BCUT2D eigenvalue weighted by molar-refractivity contribution is 8.18. The second-order valence-corrected chi connectivity index (χ2v) is 6.19. The van der Waals surface area contributed by atoms with Crippen LogP contribution in [0.1, 0.15) is 25.0 Å².